The predicted octanol–water partition coefficient (Wildman–Crippen LogP) is 4.61. The summed E-state index contributed by atoms with van der Waals surface area (Å²) in [5.41, 5.74) is 2.34. The van der Waals surface area contributed by atoms with Crippen LogP contribution in [0, 0.1) is 0 Å². The van der Waals surface area contributed by atoms with Crippen LogP contribution in [-0.4, -0.2) is 0 Å². The van der Waals surface area contributed by atoms with Gasteiger partial charge in [0.05, 0.1) is 5.39 Å². The molecule has 4 rings (SSSR count). The zero-order valence-electron chi connectivity index (χ0n) is 11.2. The highest BCUT2D eigenvalue weighted by Gasteiger charge is 2.11. The lowest BCUT2D eigenvalue weighted by Gasteiger charge is -2.07. The van der Waals surface area contributed by atoms with E-state index in [2.05, 4.69) is 0 Å². The van der Waals surface area contributed by atoms with Crippen LogP contribution in [0.1, 0.15) is 0 Å². The minimum Gasteiger partial charge on any atom is -0.422 e. The number of para-hydroxylation sites is 1. The molecule has 0 bridgehead atoms. The average Bonchev–Trinajstić information content (AvgIpc) is 2.56. The van der Waals surface area contributed by atoms with Crippen LogP contribution in [0.2, 0.25) is 0 Å². The maximum atomic E-state index is 12.2. The van der Waals surface area contributed by atoms with E-state index in [0.29, 0.717) is 11.0 Å². The van der Waals surface area contributed by atoms with Crippen molar-refractivity contribution in [2.24, 2.45) is 0 Å². The van der Waals surface area contributed by atoms with Crippen molar-refractivity contribution in [2.75, 3.05) is 0 Å². The van der Waals surface area contributed by atoms with Crippen molar-refractivity contribution in [1.82, 2.24) is 0 Å². The molecule has 1 heterocycles. The van der Waals surface area contributed by atoms with Gasteiger partial charge in [0.25, 0.3) is 0 Å². The first kappa shape index (κ1) is 11.9. The van der Waals surface area contributed by atoms with Gasteiger partial charge in [0.15, 0.2) is 0 Å². The summed E-state index contributed by atoms with van der Waals surface area (Å²) in [4.78, 5) is 12.2. The summed E-state index contributed by atoms with van der Waals surface area (Å²) >= 11 is 0. The largest absolute Gasteiger partial charge is 0.422 e. The fourth-order valence-corrected chi connectivity index (χ4v) is 2.75. The first-order valence-electron chi connectivity index (χ1n) is 6.84. The lowest BCUT2D eigenvalue weighted by Crippen LogP contribution is -2.00. The number of benzene rings is 3. The van der Waals surface area contributed by atoms with Crippen LogP contribution in [0.4, 0.5) is 0 Å². The second-order valence-corrected chi connectivity index (χ2v) is 4.98. The van der Waals surface area contributed by atoms with Crippen LogP contribution in [-0.2, 0) is 0 Å². The van der Waals surface area contributed by atoms with Crippen LogP contribution in [0.25, 0.3) is 32.9 Å². The normalized spacial score (nSPS) is 11.0. The van der Waals surface area contributed by atoms with Gasteiger partial charge >= 0.3 is 5.63 Å². The Labute approximate surface area is 121 Å². The molecule has 3 aromatic carbocycles. The van der Waals surface area contributed by atoms with Gasteiger partial charge in [0.1, 0.15) is 5.58 Å². The Bertz CT molecular complexity index is 998. The van der Waals surface area contributed by atoms with E-state index in [-0.39, 0.29) is 5.63 Å². The molecule has 0 saturated carbocycles. The molecule has 0 unspecified atom stereocenters. The lowest BCUT2D eigenvalue weighted by atomic mass is 10.0. The first-order valence-corrected chi connectivity index (χ1v) is 6.84. The highest BCUT2D eigenvalue weighted by atomic mass is 16.4. The molecular weight excluding hydrogens is 260 g/mol. The number of fused-ring (bicyclic) bond motifs is 3. The van der Waals surface area contributed by atoms with Gasteiger partial charge < -0.3 is 4.42 Å². The van der Waals surface area contributed by atoms with Gasteiger partial charge in [-0.05, 0) is 17.0 Å². The van der Waals surface area contributed by atoms with Gasteiger partial charge in [-0.25, -0.2) is 4.79 Å². The van der Waals surface area contributed by atoms with Gasteiger partial charge in [0.2, 0.25) is 0 Å². The molecule has 100 valence electrons. The molecule has 2 nitrogen and oxygen atoms in total. The molecule has 0 atom stereocenters. The van der Waals surface area contributed by atoms with Gasteiger partial charge in [0, 0.05) is 10.9 Å². The Morgan fingerprint density at radius 3 is 2.10 bits per heavy atom. The summed E-state index contributed by atoms with van der Waals surface area (Å²) in [6.45, 7) is 0. The Balaban J connectivity index is 2.19. The molecule has 0 spiro atoms. The molecule has 2 heteroatoms. The maximum absolute atomic E-state index is 12.2. The standard InChI is InChI=1S/C19H12O2/c20-19-17-10-5-4-9-15(17)16-12-6-11-14(18(16)21-19)13-7-2-1-3-8-13/h1-12H. The number of hydrogen-bond donors (Lipinski definition) is 0. The molecule has 1 aromatic heterocycles. The molecule has 4 aromatic rings. The molecule has 21 heavy (non-hydrogen) atoms. The minimum atomic E-state index is -0.290. The van der Waals surface area contributed by atoms with Crippen LogP contribution in [0.3, 0.4) is 0 Å². The van der Waals surface area contributed by atoms with Crippen molar-refractivity contribution in [3.63, 3.8) is 0 Å². The van der Waals surface area contributed by atoms with Crippen molar-refractivity contribution >= 4 is 21.7 Å². The van der Waals surface area contributed by atoms with E-state index in [9.17, 15) is 4.79 Å². The second-order valence-electron chi connectivity index (χ2n) is 4.98. The molecule has 0 aliphatic heterocycles. The van der Waals surface area contributed by atoms with Crippen molar-refractivity contribution in [3.05, 3.63) is 83.2 Å². The Kier molecular flexibility index (Phi) is 2.61. The molecule has 0 saturated heterocycles. The minimum absolute atomic E-state index is 0.290. The van der Waals surface area contributed by atoms with Crippen LogP contribution < -0.4 is 5.63 Å². The van der Waals surface area contributed by atoms with Crippen molar-refractivity contribution < 1.29 is 4.42 Å². The van der Waals surface area contributed by atoms with Crippen molar-refractivity contribution in [2.45, 2.75) is 0 Å². The second kappa shape index (κ2) is 4.60. The SMILES string of the molecule is O=c1oc2c(-c3ccccc3)cccc2c2ccccc12. The van der Waals surface area contributed by atoms with Gasteiger partial charge in [-0.15, -0.1) is 0 Å². The fraction of sp³-hybridized carbons (Fsp3) is 0. The maximum Gasteiger partial charge on any atom is 0.344 e. The molecule has 0 radical (unpaired) electrons. The predicted molar refractivity (Wildman–Crippen MR) is 85.4 cm³/mol. The summed E-state index contributed by atoms with van der Waals surface area (Å²) < 4.78 is 5.60. The van der Waals surface area contributed by atoms with E-state index in [1.807, 2.05) is 66.7 Å². The molecule has 0 amide bonds. The summed E-state index contributed by atoms with van der Waals surface area (Å²) in [6.07, 6.45) is 0. The summed E-state index contributed by atoms with van der Waals surface area (Å²) in [5.74, 6) is 0. The topological polar surface area (TPSA) is 30.2 Å². The molecule has 0 aliphatic rings. The number of hydrogen-bond acceptors (Lipinski definition) is 2. The lowest BCUT2D eigenvalue weighted by molar-refractivity contribution is 0.570. The monoisotopic (exact) mass is 272 g/mol. The molecule has 0 N–H and O–H groups in total. The van der Waals surface area contributed by atoms with Gasteiger partial charge in [-0.3, -0.25) is 0 Å². The van der Waals surface area contributed by atoms with Crippen LogP contribution in [0.15, 0.2) is 82.0 Å². The van der Waals surface area contributed by atoms with E-state index >= 15 is 0 Å². The van der Waals surface area contributed by atoms with E-state index in [4.69, 9.17) is 4.42 Å². The zero-order valence-corrected chi connectivity index (χ0v) is 11.2. The van der Waals surface area contributed by atoms with E-state index in [1.165, 1.54) is 0 Å². The molecule has 0 aliphatic carbocycles. The van der Waals surface area contributed by atoms with E-state index < -0.39 is 0 Å². The number of rotatable bonds is 1. The van der Waals surface area contributed by atoms with E-state index in [0.717, 1.165) is 21.9 Å². The van der Waals surface area contributed by atoms with Gasteiger partial charge in [-0.2, -0.15) is 0 Å². The third kappa shape index (κ3) is 1.84. The van der Waals surface area contributed by atoms with Crippen LogP contribution in [0.5, 0.6) is 0 Å². The highest BCUT2D eigenvalue weighted by Crippen LogP contribution is 2.31. The third-order valence-electron chi connectivity index (χ3n) is 3.73. The fourth-order valence-electron chi connectivity index (χ4n) is 2.75. The highest BCUT2D eigenvalue weighted by molar-refractivity contribution is 6.08. The molecular formula is C19H12O2. The van der Waals surface area contributed by atoms with Gasteiger partial charge in [-0.1, -0.05) is 66.7 Å². The Morgan fingerprint density at radius 2 is 1.29 bits per heavy atom. The van der Waals surface area contributed by atoms with Crippen molar-refractivity contribution in [3.8, 4) is 11.1 Å². The molecule has 0 fully saturated rings. The van der Waals surface area contributed by atoms with Crippen molar-refractivity contribution in [1.29, 1.82) is 0 Å². The third-order valence-corrected chi connectivity index (χ3v) is 3.73. The van der Waals surface area contributed by atoms with Crippen LogP contribution >= 0.6 is 0 Å². The average molecular weight is 272 g/mol. The zero-order chi connectivity index (χ0) is 14.2. The summed E-state index contributed by atoms with van der Waals surface area (Å²) in [5, 5.41) is 2.52. The summed E-state index contributed by atoms with van der Waals surface area (Å²) in [7, 11) is 0. The first-order chi connectivity index (χ1) is 10.3. The quantitative estimate of drug-likeness (QED) is 0.374. The smallest absolute Gasteiger partial charge is 0.344 e. The Morgan fingerprint density at radius 1 is 0.619 bits per heavy atom. The van der Waals surface area contributed by atoms with E-state index in [1.54, 1.807) is 6.07 Å². The Hall–Kier alpha value is -2.87. The summed E-state index contributed by atoms with van der Waals surface area (Å²) in [6, 6.07) is 23.5.